The van der Waals surface area contributed by atoms with Crippen molar-refractivity contribution in [3.63, 3.8) is 0 Å². The van der Waals surface area contributed by atoms with Crippen molar-refractivity contribution in [2.24, 2.45) is 17.8 Å². The molecule has 266 valence electrons. The number of amides is 5. The second-order valence-corrected chi connectivity index (χ2v) is 14.6. The summed E-state index contributed by atoms with van der Waals surface area (Å²) in [5, 5.41) is 10.1. The molecule has 4 heterocycles. The van der Waals surface area contributed by atoms with Gasteiger partial charge in [0.25, 0.3) is 5.91 Å². The SMILES string of the molecule is CNC(=O)C(CCCC1=CC=CCC1)NC(=O)C1CN(C(=O)Cc2c[nH]c3cc(Cl)ccc23)CC2CN(C(=O)c3ccc4c(c3)CC(=O)N4)CC21. The van der Waals surface area contributed by atoms with Crippen LogP contribution in [0.5, 0.6) is 0 Å². The highest BCUT2D eigenvalue weighted by Gasteiger charge is 2.48. The molecule has 2 fully saturated rings. The van der Waals surface area contributed by atoms with Crippen LogP contribution in [0, 0.1) is 17.8 Å². The van der Waals surface area contributed by atoms with Crippen molar-refractivity contribution in [3.8, 4) is 0 Å². The normalized spacial score (nSPS) is 21.5. The molecule has 0 bridgehead atoms. The van der Waals surface area contributed by atoms with Crippen LogP contribution in [-0.4, -0.2) is 83.6 Å². The number of nitrogens with zero attached hydrogens (tertiary/aromatic N) is 2. The summed E-state index contributed by atoms with van der Waals surface area (Å²) in [5.41, 5.74) is 5.01. The number of hydrogen-bond donors (Lipinski definition) is 4. The Morgan fingerprint density at radius 1 is 1.04 bits per heavy atom. The molecule has 2 saturated heterocycles. The summed E-state index contributed by atoms with van der Waals surface area (Å²) in [4.78, 5) is 73.7. The molecule has 4 atom stereocenters. The van der Waals surface area contributed by atoms with Crippen molar-refractivity contribution < 1.29 is 24.0 Å². The summed E-state index contributed by atoms with van der Waals surface area (Å²) in [6.45, 7) is 1.34. The Bertz CT molecular complexity index is 1950. The molecule has 4 aliphatic rings. The first-order chi connectivity index (χ1) is 24.7. The number of carbonyl (C=O) groups excluding carboxylic acids is 5. The van der Waals surface area contributed by atoms with E-state index >= 15 is 0 Å². The zero-order valence-corrected chi connectivity index (χ0v) is 29.4. The van der Waals surface area contributed by atoms with Crippen LogP contribution in [0.1, 0.15) is 53.6 Å². The molecule has 51 heavy (non-hydrogen) atoms. The molecule has 3 aromatic rings. The predicted octanol–water partition coefficient (Wildman–Crippen LogP) is 4.38. The largest absolute Gasteiger partial charge is 0.361 e. The lowest BCUT2D eigenvalue weighted by Gasteiger charge is -2.40. The molecular formula is C39H43ClN6O5. The van der Waals surface area contributed by atoms with Gasteiger partial charge in [0.2, 0.25) is 23.6 Å². The molecule has 7 rings (SSSR count). The van der Waals surface area contributed by atoms with E-state index in [4.69, 9.17) is 11.6 Å². The number of rotatable bonds is 10. The number of halogens is 1. The standard InChI is InChI=1S/C39H43ClN6O5/c1-41-38(50)33(9-5-8-23-6-3-2-4-7-23)44-37(49)31-22-45(36(48)16-26-18-42-34-17-28(40)11-12-29(26)34)19-27-20-46(21-30(27)31)39(51)24-10-13-32-25(14-24)15-35(47)43-32/h2-3,6,10-14,17-18,27,30-31,33,42H,4-5,7-9,15-16,19-22H2,1H3,(H,41,50)(H,43,47)(H,44,49). The third-order valence-electron chi connectivity index (χ3n) is 10.9. The number of aromatic nitrogens is 1. The maximum atomic E-state index is 14.2. The maximum absolute atomic E-state index is 14.2. The quantitative estimate of drug-likeness (QED) is 0.247. The number of fused-ring (bicyclic) bond motifs is 3. The van der Waals surface area contributed by atoms with E-state index in [0.717, 1.165) is 47.7 Å². The second-order valence-electron chi connectivity index (χ2n) is 14.2. The minimum Gasteiger partial charge on any atom is -0.361 e. The van der Waals surface area contributed by atoms with Gasteiger partial charge in [-0.2, -0.15) is 0 Å². The highest BCUT2D eigenvalue weighted by Crippen LogP contribution is 2.37. The van der Waals surface area contributed by atoms with Crippen LogP contribution in [0.2, 0.25) is 5.02 Å². The number of allylic oxidation sites excluding steroid dienone is 4. The van der Waals surface area contributed by atoms with Gasteiger partial charge in [-0.1, -0.05) is 41.5 Å². The lowest BCUT2D eigenvalue weighted by atomic mass is 9.79. The summed E-state index contributed by atoms with van der Waals surface area (Å²) < 4.78 is 0. The molecular weight excluding hydrogens is 668 g/mol. The van der Waals surface area contributed by atoms with Crippen molar-refractivity contribution in [2.45, 2.75) is 51.0 Å². The summed E-state index contributed by atoms with van der Waals surface area (Å²) in [7, 11) is 1.57. The lowest BCUT2D eigenvalue weighted by Crippen LogP contribution is -2.56. The molecule has 4 N–H and O–H groups in total. The fraction of sp³-hybridized carbons (Fsp3) is 0.410. The number of likely N-dealkylation sites (tertiary alicyclic amines) is 2. The number of nitrogens with one attached hydrogen (secondary N) is 4. The minimum absolute atomic E-state index is 0.102. The molecule has 0 radical (unpaired) electrons. The van der Waals surface area contributed by atoms with E-state index in [2.05, 4.69) is 39.2 Å². The third-order valence-corrected chi connectivity index (χ3v) is 11.1. The fourth-order valence-corrected chi connectivity index (χ4v) is 8.34. The fourth-order valence-electron chi connectivity index (χ4n) is 8.16. The average molecular weight is 711 g/mol. The van der Waals surface area contributed by atoms with Crippen LogP contribution in [0.3, 0.4) is 0 Å². The summed E-state index contributed by atoms with van der Waals surface area (Å²) in [6, 6.07) is 10.0. The van der Waals surface area contributed by atoms with Gasteiger partial charge in [-0.3, -0.25) is 24.0 Å². The van der Waals surface area contributed by atoms with Crippen molar-refractivity contribution in [2.75, 3.05) is 38.5 Å². The summed E-state index contributed by atoms with van der Waals surface area (Å²) in [5.74, 6) is -1.87. The van der Waals surface area contributed by atoms with Gasteiger partial charge < -0.3 is 30.7 Å². The van der Waals surface area contributed by atoms with Gasteiger partial charge in [0.05, 0.1) is 18.8 Å². The first-order valence-electron chi connectivity index (χ1n) is 17.8. The first kappa shape index (κ1) is 34.5. The molecule has 5 amide bonds. The minimum atomic E-state index is -0.716. The van der Waals surface area contributed by atoms with Crippen LogP contribution in [0.4, 0.5) is 5.69 Å². The van der Waals surface area contributed by atoms with Gasteiger partial charge >= 0.3 is 0 Å². The number of anilines is 1. The highest BCUT2D eigenvalue weighted by atomic mass is 35.5. The van der Waals surface area contributed by atoms with Crippen LogP contribution < -0.4 is 16.0 Å². The van der Waals surface area contributed by atoms with Gasteiger partial charge in [-0.25, -0.2) is 0 Å². The topological polar surface area (TPSA) is 144 Å². The molecule has 11 nitrogen and oxygen atoms in total. The smallest absolute Gasteiger partial charge is 0.253 e. The maximum Gasteiger partial charge on any atom is 0.253 e. The zero-order chi connectivity index (χ0) is 35.6. The molecule has 3 aliphatic heterocycles. The van der Waals surface area contributed by atoms with Gasteiger partial charge in [-0.05, 0) is 85.4 Å². The van der Waals surface area contributed by atoms with E-state index in [9.17, 15) is 24.0 Å². The third kappa shape index (κ3) is 7.44. The van der Waals surface area contributed by atoms with Crippen LogP contribution in [0.25, 0.3) is 10.9 Å². The Morgan fingerprint density at radius 2 is 1.88 bits per heavy atom. The molecule has 12 heteroatoms. The monoisotopic (exact) mass is 710 g/mol. The summed E-state index contributed by atoms with van der Waals surface area (Å²) >= 11 is 6.18. The van der Waals surface area contributed by atoms with E-state index in [-0.39, 0.29) is 60.8 Å². The van der Waals surface area contributed by atoms with Crippen molar-refractivity contribution in [1.29, 1.82) is 0 Å². The number of carbonyl (C=O) groups is 5. The Morgan fingerprint density at radius 3 is 2.69 bits per heavy atom. The van der Waals surface area contributed by atoms with E-state index < -0.39 is 12.0 Å². The molecule has 2 aromatic carbocycles. The van der Waals surface area contributed by atoms with Gasteiger partial charge in [0.1, 0.15) is 6.04 Å². The van der Waals surface area contributed by atoms with E-state index in [0.29, 0.717) is 42.3 Å². The van der Waals surface area contributed by atoms with Gasteiger partial charge in [0.15, 0.2) is 0 Å². The number of aromatic amines is 1. The highest BCUT2D eigenvalue weighted by molar-refractivity contribution is 6.31. The Kier molecular flexibility index (Phi) is 9.99. The van der Waals surface area contributed by atoms with Gasteiger partial charge in [0, 0.05) is 66.6 Å². The van der Waals surface area contributed by atoms with Crippen LogP contribution in [0.15, 0.2) is 66.4 Å². The number of H-pyrrole nitrogens is 1. The predicted molar refractivity (Wildman–Crippen MR) is 195 cm³/mol. The Balaban J connectivity index is 1.10. The van der Waals surface area contributed by atoms with E-state index in [1.807, 2.05) is 18.3 Å². The van der Waals surface area contributed by atoms with Crippen LogP contribution in [-0.2, 0) is 32.0 Å². The van der Waals surface area contributed by atoms with Crippen molar-refractivity contribution in [1.82, 2.24) is 25.4 Å². The molecule has 4 unspecified atom stereocenters. The number of benzene rings is 2. The van der Waals surface area contributed by atoms with E-state index in [1.165, 1.54) is 5.57 Å². The molecule has 1 aromatic heterocycles. The molecule has 1 aliphatic carbocycles. The van der Waals surface area contributed by atoms with Crippen molar-refractivity contribution >= 4 is 57.7 Å². The van der Waals surface area contributed by atoms with Crippen LogP contribution >= 0.6 is 11.6 Å². The number of piperidine rings is 1. The number of likely N-dealkylation sites (N-methyl/N-ethyl adjacent to an activating group) is 1. The lowest BCUT2D eigenvalue weighted by molar-refractivity contribution is -0.140. The van der Waals surface area contributed by atoms with Crippen molar-refractivity contribution in [3.05, 3.63) is 88.1 Å². The Hall–Kier alpha value is -4.90. The molecule has 0 saturated carbocycles. The zero-order valence-electron chi connectivity index (χ0n) is 28.7. The molecule has 0 spiro atoms. The van der Waals surface area contributed by atoms with E-state index in [1.54, 1.807) is 41.1 Å². The van der Waals surface area contributed by atoms with Gasteiger partial charge in [-0.15, -0.1) is 0 Å². The second kappa shape index (κ2) is 14.8. The average Bonchev–Trinajstić information content (AvgIpc) is 3.85. The Labute approximate surface area is 301 Å². The summed E-state index contributed by atoms with van der Waals surface area (Å²) in [6.07, 6.45) is 12.6. The first-order valence-corrected chi connectivity index (χ1v) is 18.2. The number of hydrogen-bond acceptors (Lipinski definition) is 5.